The molecule has 0 N–H and O–H groups in total. The van der Waals surface area contributed by atoms with Gasteiger partial charge >= 0.3 is 11.9 Å². The highest BCUT2D eigenvalue weighted by Gasteiger charge is 2.62. The molecule has 0 aromatic heterocycles. The summed E-state index contributed by atoms with van der Waals surface area (Å²) in [6.07, 6.45) is 7.22. The minimum absolute atomic E-state index is 0.0288. The minimum atomic E-state index is -0.424. The fourth-order valence-electron chi connectivity index (χ4n) is 7.69. The molecule has 3 saturated carbocycles. The number of fused-ring (bicyclic) bond motifs is 5. The Hall–Kier alpha value is -1.98. The van der Waals surface area contributed by atoms with Gasteiger partial charge in [0.05, 0.1) is 0 Å². The first kappa shape index (κ1) is 22.2. The predicted octanol–water partition coefficient (Wildman–Crippen LogP) is 3.81. The lowest BCUT2D eigenvalue weighted by Crippen LogP contribution is -2.55. The maximum atomic E-state index is 12.9. The van der Waals surface area contributed by atoms with Crippen LogP contribution in [-0.2, 0) is 28.7 Å². The van der Waals surface area contributed by atoms with Crippen LogP contribution in [0.1, 0.15) is 72.6 Å². The molecule has 4 rings (SSSR count). The molecule has 0 saturated heterocycles. The van der Waals surface area contributed by atoms with Gasteiger partial charge < -0.3 is 9.47 Å². The topological polar surface area (TPSA) is 86.7 Å². The fraction of sp³-hybridized carbons (Fsp3) is 0.760. The zero-order valence-corrected chi connectivity index (χ0v) is 19.1. The third-order valence-electron chi connectivity index (χ3n) is 9.07. The average molecular weight is 431 g/mol. The summed E-state index contributed by atoms with van der Waals surface area (Å²) >= 11 is 0. The Balaban J connectivity index is 1.63. The number of carbonyl (C=O) groups is 4. The molecule has 170 valence electrons. The van der Waals surface area contributed by atoms with Gasteiger partial charge in [0.15, 0.2) is 11.6 Å². The van der Waals surface area contributed by atoms with E-state index in [1.165, 1.54) is 13.8 Å². The molecule has 0 aromatic rings. The Morgan fingerprint density at radius 2 is 1.77 bits per heavy atom. The smallest absolute Gasteiger partial charge is 0.303 e. The van der Waals surface area contributed by atoms with Crippen molar-refractivity contribution in [1.29, 1.82) is 0 Å². The van der Waals surface area contributed by atoms with E-state index < -0.39 is 5.97 Å². The normalized spacial score (nSPS) is 41.4. The first-order valence-electron chi connectivity index (χ1n) is 11.6. The number of hydrogen-bond donors (Lipinski definition) is 0. The van der Waals surface area contributed by atoms with Crippen molar-refractivity contribution in [3.05, 3.63) is 11.6 Å². The summed E-state index contributed by atoms with van der Waals surface area (Å²) in [4.78, 5) is 48.2. The van der Waals surface area contributed by atoms with Crippen LogP contribution in [0.5, 0.6) is 0 Å². The van der Waals surface area contributed by atoms with Gasteiger partial charge in [-0.05, 0) is 78.8 Å². The second-order valence-corrected chi connectivity index (χ2v) is 10.6. The summed E-state index contributed by atoms with van der Waals surface area (Å²) < 4.78 is 10.8. The SMILES string of the molecule is CC(=O)OCC(=O)[C@@H]1CC[C@@H]2[C@@H]3C[C@H](OC(C)=O)C4=CC(=O)CC[C@]4(C)[C@@H]3CC[C@@]21C. The second kappa shape index (κ2) is 7.86. The summed E-state index contributed by atoms with van der Waals surface area (Å²) in [5, 5.41) is 0. The molecule has 6 heteroatoms. The third-order valence-corrected chi connectivity index (χ3v) is 9.07. The van der Waals surface area contributed by atoms with Gasteiger partial charge in [0.2, 0.25) is 0 Å². The summed E-state index contributed by atoms with van der Waals surface area (Å²) in [7, 11) is 0. The predicted molar refractivity (Wildman–Crippen MR) is 113 cm³/mol. The first-order chi connectivity index (χ1) is 14.6. The zero-order valence-electron chi connectivity index (χ0n) is 19.1. The maximum Gasteiger partial charge on any atom is 0.303 e. The van der Waals surface area contributed by atoms with Crippen molar-refractivity contribution in [3.63, 3.8) is 0 Å². The molecule has 3 fully saturated rings. The summed E-state index contributed by atoms with van der Waals surface area (Å²) in [5.41, 5.74) is 0.739. The van der Waals surface area contributed by atoms with Crippen LogP contribution in [0.15, 0.2) is 11.6 Å². The molecule has 6 nitrogen and oxygen atoms in total. The second-order valence-electron chi connectivity index (χ2n) is 10.6. The van der Waals surface area contributed by atoms with Crippen LogP contribution in [0.25, 0.3) is 0 Å². The molecule has 0 aromatic carbocycles. The summed E-state index contributed by atoms with van der Waals surface area (Å²) in [6.45, 7) is 7.10. The number of ether oxygens (including phenoxy) is 2. The Morgan fingerprint density at radius 1 is 1.03 bits per heavy atom. The molecule has 0 unspecified atom stereocenters. The monoisotopic (exact) mass is 430 g/mol. The van der Waals surface area contributed by atoms with E-state index in [4.69, 9.17) is 9.47 Å². The highest BCUT2D eigenvalue weighted by molar-refractivity contribution is 5.92. The van der Waals surface area contributed by atoms with Crippen molar-refractivity contribution < 1.29 is 28.7 Å². The van der Waals surface area contributed by atoms with E-state index in [9.17, 15) is 19.2 Å². The zero-order chi connectivity index (χ0) is 22.6. The van der Waals surface area contributed by atoms with Crippen LogP contribution >= 0.6 is 0 Å². The highest BCUT2D eigenvalue weighted by atomic mass is 16.5. The Morgan fingerprint density at radius 3 is 2.45 bits per heavy atom. The standard InChI is InChI=1S/C25H34O6/c1-14(26)30-13-22(29)20-6-5-18-17-12-23(31-15(2)27)21-11-16(28)7-9-25(21,4)19(17)8-10-24(18,20)3/h11,17-20,23H,5-10,12-13H2,1-4H3/t17-,18+,19+,20-,23-,24-,25+/m0/s1. The molecule has 4 aliphatic rings. The van der Waals surface area contributed by atoms with E-state index >= 15 is 0 Å². The largest absolute Gasteiger partial charge is 0.458 e. The van der Waals surface area contributed by atoms with Gasteiger partial charge in [0.1, 0.15) is 12.7 Å². The third kappa shape index (κ3) is 3.66. The van der Waals surface area contributed by atoms with Gasteiger partial charge in [-0.15, -0.1) is 0 Å². The van der Waals surface area contributed by atoms with E-state index in [2.05, 4.69) is 13.8 Å². The van der Waals surface area contributed by atoms with Gasteiger partial charge in [-0.25, -0.2) is 0 Å². The van der Waals surface area contributed by atoms with E-state index in [0.717, 1.165) is 44.1 Å². The molecule has 31 heavy (non-hydrogen) atoms. The van der Waals surface area contributed by atoms with Gasteiger partial charge in [-0.3, -0.25) is 19.2 Å². The average Bonchev–Trinajstić information content (AvgIpc) is 3.04. The van der Waals surface area contributed by atoms with Gasteiger partial charge in [0.25, 0.3) is 0 Å². The lowest BCUT2D eigenvalue weighted by molar-refractivity contribution is -0.155. The highest BCUT2D eigenvalue weighted by Crippen LogP contribution is 2.67. The van der Waals surface area contributed by atoms with Gasteiger partial charge in [0, 0.05) is 26.2 Å². The lowest BCUT2D eigenvalue weighted by Gasteiger charge is -2.59. The van der Waals surface area contributed by atoms with Crippen molar-refractivity contribution in [2.24, 2.45) is 34.5 Å². The molecular formula is C25H34O6. The number of hydrogen-bond acceptors (Lipinski definition) is 6. The molecule has 0 heterocycles. The molecule has 0 spiro atoms. The summed E-state index contributed by atoms with van der Waals surface area (Å²) in [5.74, 6) is 0.469. The van der Waals surface area contributed by atoms with Gasteiger partial charge in [-0.2, -0.15) is 0 Å². The number of Topliss-reactive ketones (excluding diaryl/α,β-unsaturated/α-hetero) is 1. The molecule has 4 aliphatic carbocycles. The van der Waals surface area contributed by atoms with Crippen molar-refractivity contribution in [2.75, 3.05) is 6.61 Å². The first-order valence-corrected chi connectivity index (χ1v) is 11.6. The van der Waals surface area contributed by atoms with E-state index in [1.807, 2.05) is 0 Å². The van der Waals surface area contributed by atoms with Crippen LogP contribution in [0.3, 0.4) is 0 Å². The van der Waals surface area contributed by atoms with E-state index in [1.54, 1.807) is 6.08 Å². The van der Waals surface area contributed by atoms with Crippen molar-refractivity contribution in [1.82, 2.24) is 0 Å². The molecule has 0 aliphatic heterocycles. The molecule has 0 radical (unpaired) electrons. The lowest BCUT2D eigenvalue weighted by atomic mass is 9.46. The van der Waals surface area contributed by atoms with E-state index in [0.29, 0.717) is 24.2 Å². The maximum absolute atomic E-state index is 12.9. The number of rotatable bonds is 4. The van der Waals surface area contributed by atoms with Crippen molar-refractivity contribution in [3.8, 4) is 0 Å². The number of ketones is 2. The van der Waals surface area contributed by atoms with Crippen LogP contribution in [0.2, 0.25) is 0 Å². The van der Waals surface area contributed by atoms with Crippen LogP contribution in [-0.4, -0.2) is 36.2 Å². The number of esters is 2. The fourth-order valence-corrected chi connectivity index (χ4v) is 7.69. The van der Waals surface area contributed by atoms with Crippen molar-refractivity contribution >= 4 is 23.5 Å². The Labute approximate surface area is 184 Å². The Bertz CT molecular complexity index is 843. The van der Waals surface area contributed by atoms with E-state index in [-0.39, 0.29) is 47.0 Å². The van der Waals surface area contributed by atoms with Gasteiger partial charge in [-0.1, -0.05) is 13.8 Å². The minimum Gasteiger partial charge on any atom is -0.458 e. The molecular weight excluding hydrogens is 396 g/mol. The number of carbonyl (C=O) groups excluding carboxylic acids is 4. The molecule has 0 bridgehead atoms. The molecule has 0 amide bonds. The summed E-state index contributed by atoms with van der Waals surface area (Å²) in [6, 6.07) is 0. The van der Waals surface area contributed by atoms with Crippen LogP contribution in [0.4, 0.5) is 0 Å². The Kier molecular flexibility index (Phi) is 5.63. The molecule has 7 atom stereocenters. The quantitative estimate of drug-likeness (QED) is 0.631. The van der Waals surface area contributed by atoms with Crippen LogP contribution < -0.4 is 0 Å². The van der Waals surface area contributed by atoms with Crippen LogP contribution in [0, 0.1) is 34.5 Å². The van der Waals surface area contributed by atoms with Crippen molar-refractivity contribution in [2.45, 2.75) is 78.7 Å².